The first-order valence-corrected chi connectivity index (χ1v) is 4.32. The molecule has 1 aromatic rings. The summed E-state index contributed by atoms with van der Waals surface area (Å²) in [6.07, 6.45) is -4.23. The summed E-state index contributed by atoms with van der Waals surface area (Å²) >= 11 is 1.68. The molecule has 0 unspecified atom stereocenters. The first-order valence-electron chi connectivity index (χ1n) is 3.24. The third kappa shape index (κ3) is 2.15. The molecule has 1 rings (SSSR count). The maximum Gasteiger partial charge on any atom is 0.417 e. The van der Waals surface area contributed by atoms with Crippen molar-refractivity contribution in [3.8, 4) is 0 Å². The van der Waals surface area contributed by atoms with Gasteiger partial charge in [-0.25, -0.2) is 0 Å². The van der Waals surface area contributed by atoms with Crippen LogP contribution in [0, 0.1) is 3.57 Å². The maximum atomic E-state index is 12.2. The van der Waals surface area contributed by atoms with Gasteiger partial charge in [-0.2, -0.15) is 13.2 Å². The van der Waals surface area contributed by atoms with Crippen LogP contribution in [0.1, 0.15) is 5.56 Å². The van der Waals surface area contributed by atoms with E-state index in [1.165, 1.54) is 6.07 Å². The molecular formula is C7H5BF3I. The second kappa shape index (κ2) is 3.28. The summed E-state index contributed by atoms with van der Waals surface area (Å²) in [4.78, 5) is 0. The van der Waals surface area contributed by atoms with E-state index in [4.69, 9.17) is 0 Å². The normalized spacial score (nSPS) is 11.7. The van der Waals surface area contributed by atoms with Gasteiger partial charge in [0.2, 0.25) is 0 Å². The Morgan fingerprint density at radius 1 is 1.25 bits per heavy atom. The van der Waals surface area contributed by atoms with E-state index in [1.54, 1.807) is 36.5 Å². The van der Waals surface area contributed by atoms with Crippen molar-refractivity contribution in [3.05, 3.63) is 27.3 Å². The molecule has 0 amide bonds. The van der Waals surface area contributed by atoms with Crippen LogP contribution in [0.3, 0.4) is 0 Å². The lowest BCUT2D eigenvalue weighted by atomic mass is 9.94. The Labute approximate surface area is 82.7 Å². The van der Waals surface area contributed by atoms with Crippen molar-refractivity contribution in [2.24, 2.45) is 0 Å². The molecule has 0 nitrogen and oxygen atoms in total. The second-order valence-corrected chi connectivity index (χ2v) is 3.64. The van der Waals surface area contributed by atoms with Gasteiger partial charge in [0.1, 0.15) is 7.85 Å². The lowest BCUT2D eigenvalue weighted by Gasteiger charge is -2.09. The van der Waals surface area contributed by atoms with Crippen LogP contribution in [0.2, 0.25) is 0 Å². The van der Waals surface area contributed by atoms with Crippen LogP contribution in [-0.4, -0.2) is 7.85 Å². The van der Waals surface area contributed by atoms with Gasteiger partial charge in [0.05, 0.1) is 5.56 Å². The third-order valence-electron chi connectivity index (χ3n) is 1.43. The largest absolute Gasteiger partial charge is 0.417 e. The van der Waals surface area contributed by atoms with Gasteiger partial charge in [-0.15, -0.1) is 0 Å². The lowest BCUT2D eigenvalue weighted by molar-refractivity contribution is -0.138. The molecule has 0 bridgehead atoms. The van der Waals surface area contributed by atoms with Crippen molar-refractivity contribution in [2.75, 3.05) is 0 Å². The van der Waals surface area contributed by atoms with Crippen LogP contribution in [0.25, 0.3) is 0 Å². The molecule has 0 spiro atoms. The van der Waals surface area contributed by atoms with E-state index in [0.717, 1.165) is 6.07 Å². The Morgan fingerprint density at radius 2 is 1.83 bits per heavy atom. The van der Waals surface area contributed by atoms with Crippen LogP contribution >= 0.6 is 22.6 Å². The molecule has 0 aliphatic heterocycles. The van der Waals surface area contributed by atoms with E-state index in [9.17, 15) is 13.2 Å². The molecule has 12 heavy (non-hydrogen) atoms. The highest BCUT2D eigenvalue weighted by atomic mass is 127. The van der Waals surface area contributed by atoms with Gasteiger partial charge in [0, 0.05) is 3.57 Å². The van der Waals surface area contributed by atoms with Crippen molar-refractivity contribution in [3.63, 3.8) is 0 Å². The predicted molar refractivity (Wildman–Crippen MR) is 52.3 cm³/mol. The molecule has 0 radical (unpaired) electrons. The van der Waals surface area contributed by atoms with Gasteiger partial charge in [-0.1, -0.05) is 17.6 Å². The zero-order valence-electron chi connectivity index (χ0n) is 6.24. The molecule has 0 aromatic heterocycles. The van der Waals surface area contributed by atoms with Gasteiger partial charge >= 0.3 is 6.18 Å². The van der Waals surface area contributed by atoms with Crippen LogP contribution in [0.4, 0.5) is 13.2 Å². The third-order valence-corrected chi connectivity index (χ3v) is 2.37. The average Bonchev–Trinajstić information content (AvgIpc) is 1.92. The summed E-state index contributed by atoms with van der Waals surface area (Å²) < 4.78 is 36.9. The van der Waals surface area contributed by atoms with Gasteiger partial charge in [-0.05, 0) is 28.7 Å². The zero-order chi connectivity index (χ0) is 9.35. The quantitative estimate of drug-likeness (QED) is 0.501. The van der Waals surface area contributed by atoms with Crippen LogP contribution in [0.5, 0.6) is 0 Å². The van der Waals surface area contributed by atoms with Crippen LogP contribution in [-0.2, 0) is 6.18 Å². The highest BCUT2D eigenvalue weighted by Gasteiger charge is 2.32. The number of hydrogen-bond acceptors (Lipinski definition) is 0. The Bertz CT molecular complexity index is 295. The van der Waals surface area contributed by atoms with Crippen molar-refractivity contribution >= 4 is 35.9 Å². The molecule has 5 heteroatoms. The van der Waals surface area contributed by atoms with E-state index in [1.807, 2.05) is 0 Å². The molecule has 64 valence electrons. The first-order chi connectivity index (χ1) is 5.41. The summed E-state index contributed by atoms with van der Waals surface area (Å²) in [5, 5.41) is 0. The van der Waals surface area contributed by atoms with E-state index < -0.39 is 11.7 Å². The van der Waals surface area contributed by atoms with Crippen molar-refractivity contribution < 1.29 is 13.2 Å². The maximum absolute atomic E-state index is 12.2. The minimum atomic E-state index is -4.23. The smallest absolute Gasteiger partial charge is 0.166 e. The minimum absolute atomic E-state index is 0.241. The Balaban J connectivity index is 3.23. The molecule has 0 heterocycles. The molecule has 0 atom stereocenters. The minimum Gasteiger partial charge on any atom is -0.166 e. The molecule has 0 fully saturated rings. The van der Waals surface area contributed by atoms with Crippen molar-refractivity contribution in [2.45, 2.75) is 6.18 Å². The molecule has 1 aromatic carbocycles. The standard InChI is InChI=1S/C7H5BF3I/c8-4-1-2-6(12)5(3-4)7(9,10)11/h1-3H,8H2. The number of rotatable bonds is 0. The van der Waals surface area contributed by atoms with Crippen LogP contribution in [0.15, 0.2) is 18.2 Å². The Kier molecular flexibility index (Phi) is 2.70. The average molecular weight is 284 g/mol. The summed E-state index contributed by atoms with van der Waals surface area (Å²) in [7, 11) is 1.64. The summed E-state index contributed by atoms with van der Waals surface area (Å²) in [5.41, 5.74) is 0.0749. The van der Waals surface area contributed by atoms with E-state index in [-0.39, 0.29) is 3.57 Å². The molecule has 0 N–H and O–H groups in total. The molecule has 0 saturated heterocycles. The van der Waals surface area contributed by atoms with Crippen molar-refractivity contribution in [1.82, 2.24) is 0 Å². The zero-order valence-corrected chi connectivity index (χ0v) is 8.40. The Morgan fingerprint density at radius 3 is 2.25 bits per heavy atom. The summed E-state index contributed by atoms with van der Waals surface area (Å²) in [5.74, 6) is 0. The first kappa shape index (κ1) is 9.89. The van der Waals surface area contributed by atoms with Gasteiger partial charge in [-0.3, -0.25) is 0 Å². The number of halogens is 4. The van der Waals surface area contributed by atoms with E-state index >= 15 is 0 Å². The molecular weight excluding hydrogens is 279 g/mol. The summed E-state index contributed by atoms with van der Waals surface area (Å²) in [6, 6.07) is 4.29. The van der Waals surface area contributed by atoms with Crippen LogP contribution < -0.4 is 5.46 Å². The summed E-state index contributed by atoms with van der Waals surface area (Å²) in [6.45, 7) is 0. The fourth-order valence-electron chi connectivity index (χ4n) is 0.856. The monoisotopic (exact) mass is 284 g/mol. The second-order valence-electron chi connectivity index (χ2n) is 2.48. The number of alkyl halides is 3. The SMILES string of the molecule is Bc1ccc(I)c(C(F)(F)F)c1. The molecule has 0 saturated carbocycles. The predicted octanol–water partition coefficient (Wildman–Crippen LogP) is 1.57. The fourth-order valence-corrected chi connectivity index (χ4v) is 1.50. The van der Waals surface area contributed by atoms with Gasteiger partial charge in [0.15, 0.2) is 0 Å². The van der Waals surface area contributed by atoms with Gasteiger partial charge in [0.25, 0.3) is 0 Å². The number of hydrogen-bond donors (Lipinski definition) is 0. The lowest BCUT2D eigenvalue weighted by Crippen LogP contribution is -2.13. The van der Waals surface area contributed by atoms with Crippen molar-refractivity contribution in [1.29, 1.82) is 0 Å². The highest BCUT2D eigenvalue weighted by Crippen LogP contribution is 2.31. The topological polar surface area (TPSA) is 0 Å². The molecule has 0 aliphatic carbocycles. The highest BCUT2D eigenvalue weighted by molar-refractivity contribution is 14.1. The van der Waals surface area contributed by atoms with E-state index in [2.05, 4.69) is 0 Å². The fraction of sp³-hybridized carbons (Fsp3) is 0.143. The van der Waals surface area contributed by atoms with Gasteiger partial charge < -0.3 is 0 Å². The Hall–Kier alpha value is -0.195. The molecule has 0 aliphatic rings. The number of benzene rings is 1. The van der Waals surface area contributed by atoms with E-state index in [0.29, 0.717) is 5.46 Å².